The standard InChI is InChI=1S/C41H78O6/c1-6-8-9-10-14-21-26-31-39(42)45-34-38(35-46-40(43)32-27-22-18-17-20-25-30-37(5)7-2)47-41(44)33-28-23-16-13-11-12-15-19-24-29-36(3)4/h36-38H,6-35H2,1-5H3/t37?,38-/m0/s1. The fourth-order valence-corrected chi connectivity index (χ4v) is 5.84. The Bertz CT molecular complexity index is 721. The minimum absolute atomic E-state index is 0.0673. The molecule has 0 aromatic heterocycles. The fourth-order valence-electron chi connectivity index (χ4n) is 5.84. The molecule has 0 amide bonds. The predicted molar refractivity (Wildman–Crippen MR) is 196 cm³/mol. The lowest BCUT2D eigenvalue weighted by Crippen LogP contribution is -2.30. The number of hydrogen-bond donors (Lipinski definition) is 0. The lowest BCUT2D eigenvalue weighted by atomic mass is 10.00. The van der Waals surface area contributed by atoms with E-state index in [4.69, 9.17) is 14.2 Å². The van der Waals surface area contributed by atoms with E-state index in [0.29, 0.717) is 19.3 Å². The summed E-state index contributed by atoms with van der Waals surface area (Å²) >= 11 is 0. The Morgan fingerprint density at radius 3 is 1.21 bits per heavy atom. The summed E-state index contributed by atoms with van der Waals surface area (Å²) in [5.41, 5.74) is 0. The molecule has 0 aliphatic carbocycles. The number of carbonyl (C=O) groups excluding carboxylic acids is 3. The second-order valence-electron chi connectivity index (χ2n) is 14.6. The van der Waals surface area contributed by atoms with Gasteiger partial charge in [-0.1, -0.05) is 176 Å². The molecule has 47 heavy (non-hydrogen) atoms. The maximum absolute atomic E-state index is 12.6. The first-order chi connectivity index (χ1) is 22.8. The van der Waals surface area contributed by atoms with Gasteiger partial charge >= 0.3 is 17.9 Å². The summed E-state index contributed by atoms with van der Waals surface area (Å²) in [4.78, 5) is 37.4. The van der Waals surface area contributed by atoms with E-state index in [9.17, 15) is 14.4 Å². The van der Waals surface area contributed by atoms with E-state index >= 15 is 0 Å². The summed E-state index contributed by atoms with van der Waals surface area (Å²) in [6.45, 7) is 11.2. The van der Waals surface area contributed by atoms with E-state index in [0.717, 1.165) is 69.6 Å². The largest absolute Gasteiger partial charge is 0.462 e. The summed E-state index contributed by atoms with van der Waals surface area (Å²) in [5.74, 6) is 0.746. The molecule has 0 spiro atoms. The molecule has 0 rings (SSSR count). The molecule has 0 saturated heterocycles. The number of esters is 3. The zero-order valence-corrected chi connectivity index (χ0v) is 31.9. The van der Waals surface area contributed by atoms with Gasteiger partial charge < -0.3 is 14.2 Å². The molecule has 0 radical (unpaired) electrons. The first-order valence-corrected chi connectivity index (χ1v) is 20.3. The van der Waals surface area contributed by atoms with Crippen LogP contribution >= 0.6 is 0 Å². The van der Waals surface area contributed by atoms with Crippen molar-refractivity contribution in [3.05, 3.63) is 0 Å². The van der Waals surface area contributed by atoms with Crippen molar-refractivity contribution in [2.45, 2.75) is 221 Å². The highest BCUT2D eigenvalue weighted by Gasteiger charge is 2.19. The van der Waals surface area contributed by atoms with Crippen LogP contribution < -0.4 is 0 Å². The van der Waals surface area contributed by atoms with Crippen molar-refractivity contribution in [2.75, 3.05) is 13.2 Å². The Morgan fingerprint density at radius 2 is 0.809 bits per heavy atom. The van der Waals surface area contributed by atoms with Crippen LogP contribution in [0, 0.1) is 11.8 Å². The summed E-state index contributed by atoms with van der Waals surface area (Å²) in [7, 11) is 0. The van der Waals surface area contributed by atoms with Gasteiger partial charge in [-0.2, -0.15) is 0 Å². The third kappa shape index (κ3) is 34.1. The van der Waals surface area contributed by atoms with Gasteiger partial charge in [0, 0.05) is 19.3 Å². The number of hydrogen-bond acceptors (Lipinski definition) is 6. The molecule has 6 heteroatoms. The number of rotatable bonds is 35. The lowest BCUT2D eigenvalue weighted by Gasteiger charge is -2.18. The number of carbonyl (C=O) groups is 3. The normalized spacial score (nSPS) is 12.6. The van der Waals surface area contributed by atoms with Crippen LogP contribution in [0.25, 0.3) is 0 Å². The molecule has 0 heterocycles. The van der Waals surface area contributed by atoms with Crippen LogP contribution in [0.1, 0.15) is 214 Å². The van der Waals surface area contributed by atoms with Gasteiger partial charge in [-0.05, 0) is 31.1 Å². The molecule has 0 aromatic rings. The first kappa shape index (κ1) is 45.4. The smallest absolute Gasteiger partial charge is 0.306 e. The van der Waals surface area contributed by atoms with Gasteiger partial charge in [0.1, 0.15) is 13.2 Å². The molecule has 6 nitrogen and oxygen atoms in total. The van der Waals surface area contributed by atoms with E-state index < -0.39 is 6.10 Å². The summed E-state index contributed by atoms with van der Waals surface area (Å²) in [6.07, 6.45) is 29.6. The quantitative estimate of drug-likeness (QED) is 0.0380. The molecule has 0 aliphatic heterocycles. The van der Waals surface area contributed by atoms with Gasteiger partial charge in [0.15, 0.2) is 6.10 Å². The topological polar surface area (TPSA) is 78.9 Å². The van der Waals surface area contributed by atoms with Gasteiger partial charge in [-0.3, -0.25) is 14.4 Å². The number of ether oxygens (including phenoxy) is 3. The van der Waals surface area contributed by atoms with Crippen molar-refractivity contribution in [2.24, 2.45) is 11.8 Å². The van der Waals surface area contributed by atoms with E-state index in [1.54, 1.807) is 0 Å². The molecule has 0 aromatic carbocycles. The molecule has 0 bridgehead atoms. The monoisotopic (exact) mass is 667 g/mol. The van der Waals surface area contributed by atoms with Crippen LogP contribution in [0.15, 0.2) is 0 Å². The molecule has 0 saturated carbocycles. The van der Waals surface area contributed by atoms with Crippen molar-refractivity contribution in [1.29, 1.82) is 0 Å². The fraction of sp³-hybridized carbons (Fsp3) is 0.927. The average molecular weight is 667 g/mol. The maximum Gasteiger partial charge on any atom is 0.306 e. The second-order valence-corrected chi connectivity index (χ2v) is 14.6. The lowest BCUT2D eigenvalue weighted by molar-refractivity contribution is -0.167. The van der Waals surface area contributed by atoms with Gasteiger partial charge in [0.25, 0.3) is 0 Å². The summed E-state index contributed by atoms with van der Waals surface area (Å²) in [5, 5.41) is 0. The maximum atomic E-state index is 12.6. The van der Waals surface area contributed by atoms with Crippen LogP contribution in [0.3, 0.4) is 0 Å². The zero-order valence-electron chi connectivity index (χ0n) is 31.9. The second kappa shape index (κ2) is 34.3. The van der Waals surface area contributed by atoms with Gasteiger partial charge in [0.2, 0.25) is 0 Å². The number of unbranched alkanes of at least 4 members (excludes halogenated alkanes) is 19. The molecule has 0 N–H and O–H groups in total. The molecule has 0 fully saturated rings. The molecule has 1 unspecified atom stereocenters. The molecule has 2 atom stereocenters. The minimum atomic E-state index is -0.759. The Balaban J connectivity index is 4.34. The van der Waals surface area contributed by atoms with Crippen LogP contribution in [0.2, 0.25) is 0 Å². The highest BCUT2D eigenvalue weighted by atomic mass is 16.6. The van der Waals surface area contributed by atoms with Crippen LogP contribution in [0.4, 0.5) is 0 Å². The van der Waals surface area contributed by atoms with E-state index in [1.807, 2.05) is 0 Å². The van der Waals surface area contributed by atoms with Crippen LogP contribution in [-0.4, -0.2) is 37.2 Å². The third-order valence-corrected chi connectivity index (χ3v) is 9.33. The Kier molecular flexibility index (Phi) is 33.1. The highest BCUT2D eigenvalue weighted by molar-refractivity contribution is 5.71. The van der Waals surface area contributed by atoms with Gasteiger partial charge in [0.05, 0.1) is 0 Å². The van der Waals surface area contributed by atoms with Crippen molar-refractivity contribution in [3.8, 4) is 0 Å². The predicted octanol–water partition coefficient (Wildman–Crippen LogP) is 12.2. The van der Waals surface area contributed by atoms with Crippen molar-refractivity contribution in [3.63, 3.8) is 0 Å². The Morgan fingerprint density at radius 1 is 0.447 bits per heavy atom. The van der Waals surface area contributed by atoms with Crippen LogP contribution in [-0.2, 0) is 28.6 Å². The van der Waals surface area contributed by atoms with E-state index in [2.05, 4.69) is 34.6 Å². The molecule has 0 aliphatic rings. The zero-order chi connectivity index (χ0) is 34.8. The molecular weight excluding hydrogens is 588 g/mol. The summed E-state index contributed by atoms with van der Waals surface area (Å²) in [6, 6.07) is 0. The first-order valence-electron chi connectivity index (χ1n) is 20.3. The van der Waals surface area contributed by atoms with E-state index in [-0.39, 0.29) is 31.1 Å². The Labute approximate surface area is 291 Å². The van der Waals surface area contributed by atoms with Gasteiger partial charge in [-0.25, -0.2) is 0 Å². The SMILES string of the molecule is CCCCCCCCCC(=O)OC[C@@H](COC(=O)CCCCCCCCC(C)CC)OC(=O)CCCCCCCCCCCC(C)C. The average Bonchev–Trinajstić information content (AvgIpc) is 3.05. The van der Waals surface area contributed by atoms with E-state index in [1.165, 1.54) is 103 Å². The van der Waals surface area contributed by atoms with Crippen molar-refractivity contribution >= 4 is 17.9 Å². The van der Waals surface area contributed by atoms with Crippen molar-refractivity contribution in [1.82, 2.24) is 0 Å². The van der Waals surface area contributed by atoms with Gasteiger partial charge in [-0.15, -0.1) is 0 Å². The Hall–Kier alpha value is -1.59. The van der Waals surface area contributed by atoms with Crippen molar-refractivity contribution < 1.29 is 28.6 Å². The minimum Gasteiger partial charge on any atom is -0.462 e. The third-order valence-electron chi connectivity index (χ3n) is 9.33. The van der Waals surface area contributed by atoms with Crippen LogP contribution in [0.5, 0.6) is 0 Å². The highest BCUT2D eigenvalue weighted by Crippen LogP contribution is 2.16. The summed E-state index contributed by atoms with van der Waals surface area (Å²) < 4.78 is 16.6. The molecule has 278 valence electrons. The molecular formula is C41H78O6.